The summed E-state index contributed by atoms with van der Waals surface area (Å²) in [6, 6.07) is 8.93. The Hall–Kier alpha value is -1.72. The third kappa shape index (κ3) is 2.79. The normalized spacial score (nSPS) is 16.6. The van der Waals surface area contributed by atoms with E-state index in [2.05, 4.69) is 58.6 Å². The van der Waals surface area contributed by atoms with Crippen molar-refractivity contribution in [2.24, 2.45) is 0 Å². The Morgan fingerprint density at radius 1 is 1.28 bits per heavy atom. The van der Waals surface area contributed by atoms with E-state index in [1.165, 1.54) is 11.1 Å². The van der Waals surface area contributed by atoms with E-state index >= 15 is 0 Å². The van der Waals surface area contributed by atoms with Gasteiger partial charge in [0.15, 0.2) is 5.65 Å². The van der Waals surface area contributed by atoms with Crippen LogP contribution in [-0.4, -0.2) is 26.2 Å². The molecule has 25 heavy (non-hydrogen) atoms. The zero-order valence-corrected chi connectivity index (χ0v) is 16.2. The number of aromatic nitrogens is 3. The van der Waals surface area contributed by atoms with Gasteiger partial charge in [0.1, 0.15) is 11.3 Å². The minimum absolute atomic E-state index is 0.118. The van der Waals surface area contributed by atoms with Crippen molar-refractivity contribution in [3.8, 4) is 0 Å². The first-order valence-electron chi connectivity index (χ1n) is 8.89. The zero-order valence-electron chi connectivity index (χ0n) is 14.6. The topological polar surface area (TPSA) is 50.9 Å². The smallest absolute Gasteiger partial charge is 0.161 e. The van der Waals surface area contributed by atoms with E-state index in [9.17, 15) is 5.11 Å². The summed E-state index contributed by atoms with van der Waals surface area (Å²) in [7, 11) is 0. The third-order valence-corrected chi connectivity index (χ3v) is 5.61. The second kappa shape index (κ2) is 6.54. The summed E-state index contributed by atoms with van der Waals surface area (Å²) in [5, 5.41) is 9.30. The van der Waals surface area contributed by atoms with Crippen molar-refractivity contribution < 1.29 is 5.11 Å². The van der Waals surface area contributed by atoms with Crippen LogP contribution in [0.2, 0.25) is 0 Å². The van der Waals surface area contributed by atoms with Crippen LogP contribution >= 0.6 is 15.9 Å². The highest BCUT2D eigenvalue weighted by atomic mass is 79.9. The molecule has 2 aromatic heterocycles. The van der Waals surface area contributed by atoms with Gasteiger partial charge in [0.25, 0.3) is 0 Å². The molecule has 5 heteroatoms. The first kappa shape index (κ1) is 16.7. The summed E-state index contributed by atoms with van der Waals surface area (Å²) < 4.78 is 3.47. The summed E-state index contributed by atoms with van der Waals surface area (Å²) >= 11 is 3.58. The fourth-order valence-corrected chi connectivity index (χ4v) is 4.39. The number of hydrogen-bond acceptors (Lipinski definition) is 3. The molecule has 1 aliphatic carbocycles. The van der Waals surface area contributed by atoms with Gasteiger partial charge in [-0.05, 0) is 54.7 Å². The second-order valence-corrected chi connectivity index (χ2v) is 7.64. The summed E-state index contributed by atoms with van der Waals surface area (Å²) in [5.74, 6) is 1.09. The SMILES string of the molecule is CCc1nc2c(C)cc(CCO)nc2n1C1CCc2cc(Br)ccc21. The van der Waals surface area contributed by atoms with Gasteiger partial charge in [-0.15, -0.1) is 0 Å². The number of nitrogens with zero attached hydrogens (tertiary/aromatic N) is 3. The lowest BCUT2D eigenvalue weighted by molar-refractivity contribution is 0.298. The van der Waals surface area contributed by atoms with Crippen LogP contribution in [0.25, 0.3) is 11.2 Å². The predicted molar refractivity (Wildman–Crippen MR) is 103 cm³/mol. The molecular formula is C20H22BrN3O. The van der Waals surface area contributed by atoms with Crippen molar-refractivity contribution in [1.29, 1.82) is 0 Å². The molecule has 1 aliphatic rings. The first-order chi connectivity index (χ1) is 12.1. The van der Waals surface area contributed by atoms with Gasteiger partial charge in [-0.3, -0.25) is 0 Å². The molecule has 0 bridgehead atoms. The lowest BCUT2D eigenvalue weighted by atomic mass is 10.1. The van der Waals surface area contributed by atoms with E-state index in [4.69, 9.17) is 9.97 Å². The van der Waals surface area contributed by atoms with Gasteiger partial charge in [0.05, 0.1) is 6.04 Å². The molecule has 1 aromatic carbocycles. The Balaban J connectivity index is 1.92. The molecular weight excluding hydrogens is 378 g/mol. The lowest BCUT2D eigenvalue weighted by Gasteiger charge is -2.17. The standard InChI is InChI=1S/C20H22BrN3O/c1-3-18-23-19-12(2)10-15(8-9-25)22-20(19)24(18)17-7-4-13-11-14(21)5-6-16(13)17/h5-6,10-11,17,25H,3-4,7-9H2,1-2H3. The van der Waals surface area contributed by atoms with Crippen molar-refractivity contribution in [1.82, 2.24) is 14.5 Å². The molecule has 1 unspecified atom stereocenters. The van der Waals surface area contributed by atoms with Crippen LogP contribution < -0.4 is 0 Å². The fraction of sp³-hybridized carbons (Fsp3) is 0.400. The first-order valence-corrected chi connectivity index (χ1v) is 9.68. The summed E-state index contributed by atoms with van der Waals surface area (Å²) in [4.78, 5) is 9.76. The fourth-order valence-electron chi connectivity index (χ4n) is 3.98. The largest absolute Gasteiger partial charge is 0.396 e. The molecule has 0 amide bonds. The molecule has 2 heterocycles. The monoisotopic (exact) mass is 399 g/mol. The van der Waals surface area contributed by atoms with Crippen LogP contribution in [0.15, 0.2) is 28.7 Å². The Bertz CT molecular complexity index is 948. The average molecular weight is 400 g/mol. The van der Waals surface area contributed by atoms with Crippen LogP contribution in [0.4, 0.5) is 0 Å². The van der Waals surface area contributed by atoms with Crippen LogP contribution in [0.3, 0.4) is 0 Å². The number of halogens is 1. The van der Waals surface area contributed by atoms with Gasteiger partial charge in [0.2, 0.25) is 0 Å². The molecule has 3 aromatic rings. The number of imidazole rings is 1. The number of aryl methyl sites for hydroxylation is 3. The lowest BCUT2D eigenvalue weighted by Crippen LogP contribution is -2.12. The number of benzene rings is 1. The number of pyridine rings is 1. The van der Waals surface area contributed by atoms with Crippen LogP contribution in [-0.2, 0) is 19.3 Å². The molecule has 1 N–H and O–H groups in total. The quantitative estimate of drug-likeness (QED) is 0.717. The number of rotatable bonds is 4. The molecule has 4 rings (SSSR count). The van der Waals surface area contributed by atoms with E-state index in [1.807, 2.05) is 0 Å². The maximum absolute atomic E-state index is 9.30. The van der Waals surface area contributed by atoms with Gasteiger partial charge < -0.3 is 9.67 Å². The Morgan fingerprint density at radius 2 is 2.12 bits per heavy atom. The summed E-state index contributed by atoms with van der Waals surface area (Å²) in [6.45, 7) is 4.35. The number of aliphatic hydroxyl groups is 1. The van der Waals surface area contributed by atoms with Crippen molar-refractivity contribution in [3.63, 3.8) is 0 Å². The molecule has 130 valence electrons. The molecule has 4 nitrogen and oxygen atoms in total. The molecule has 0 saturated carbocycles. The molecule has 0 aliphatic heterocycles. The van der Waals surface area contributed by atoms with Gasteiger partial charge in [-0.25, -0.2) is 9.97 Å². The Kier molecular flexibility index (Phi) is 4.38. The highest BCUT2D eigenvalue weighted by Gasteiger charge is 2.28. The zero-order chi connectivity index (χ0) is 17.6. The van der Waals surface area contributed by atoms with E-state index in [1.54, 1.807) is 0 Å². The number of aliphatic hydroxyl groups excluding tert-OH is 1. The predicted octanol–water partition coefficient (Wildman–Crippen LogP) is 4.14. The maximum Gasteiger partial charge on any atom is 0.161 e. The van der Waals surface area contributed by atoms with E-state index < -0.39 is 0 Å². The second-order valence-electron chi connectivity index (χ2n) is 6.73. The van der Waals surface area contributed by atoms with Gasteiger partial charge in [-0.2, -0.15) is 0 Å². The average Bonchev–Trinajstić information content (AvgIpc) is 3.15. The number of hydrogen-bond donors (Lipinski definition) is 1. The number of fused-ring (bicyclic) bond motifs is 2. The van der Waals surface area contributed by atoms with Gasteiger partial charge >= 0.3 is 0 Å². The highest BCUT2D eigenvalue weighted by molar-refractivity contribution is 9.10. The van der Waals surface area contributed by atoms with Crippen LogP contribution in [0.5, 0.6) is 0 Å². The summed E-state index contributed by atoms with van der Waals surface area (Å²) in [5.41, 5.74) is 6.81. The van der Waals surface area contributed by atoms with Crippen molar-refractivity contribution >= 4 is 27.1 Å². The summed E-state index contributed by atoms with van der Waals surface area (Å²) in [6.07, 6.45) is 3.62. The van der Waals surface area contributed by atoms with Crippen LogP contribution in [0.1, 0.15) is 47.6 Å². The molecule has 0 saturated heterocycles. The minimum Gasteiger partial charge on any atom is -0.396 e. The van der Waals surface area contributed by atoms with Crippen molar-refractivity contribution in [3.05, 3.63) is 56.9 Å². The molecule has 0 fully saturated rings. The molecule has 1 atom stereocenters. The van der Waals surface area contributed by atoms with Gasteiger partial charge in [0, 0.05) is 29.6 Å². The van der Waals surface area contributed by atoms with Gasteiger partial charge in [-0.1, -0.05) is 28.9 Å². The van der Waals surface area contributed by atoms with E-state index in [0.717, 1.165) is 52.0 Å². The van der Waals surface area contributed by atoms with Crippen LogP contribution in [0, 0.1) is 6.92 Å². The van der Waals surface area contributed by atoms with Crippen molar-refractivity contribution in [2.45, 2.75) is 45.6 Å². The Labute approximate surface area is 156 Å². The van der Waals surface area contributed by atoms with E-state index in [0.29, 0.717) is 12.5 Å². The minimum atomic E-state index is 0.118. The maximum atomic E-state index is 9.30. The van der Waals surface area contributed by atoms with Crippen molar-refractivity contribution in [2.75, 3.05) is 6.61 Å². The third-order valence-electron chi connectivity index (χ3n) is 5.11. The highest BCUT2D eigenvalue weighted by Crippen LogP contribution is 2.38. The molecule has 0 radical (unpaired) electrons. The van der Waals surface area contributed by atoms with E-state index in [-0.39, 0.29) is 6.61 Å². The molecule has 0 spiro atoms. The Morgan fingerprint density at radius 3 is 2.88 bits per heavy atom.